The van der Waals surface area contributed by atoms with Crippen molar-refractivity contribution in [3.05, 3.63) is 23.8 Å². The number of carbonyl (C=O) groups excluding carboxylic acids is 1. The second-order valence-corrected chi connectivity index (χ2v) is 7.56. The fraction of sp³-hybridized carbons (Fsp3) is 0.737. The van der Waals surface area contributed by atoms with Crippen molar-refractivity contribution in [2.24, 2.45) is 23.2 Å². The molecule has 21 heavy (non-hydrogen) atoms. The first-order valence-corrected chi connectivity index (χ1v) is 8.42. The molecule has 0 heterocycles. The number of allylic oxidation sites excluding steroid dienone is 2. The van der Waals surface area contributed by atoms with Gasteiger partial charge in [0.15, 0.2) is 0 Å². The highest BCUT2D eigenvalue weighted by molar-refractivity contribution is 5.73. The zero-order valence-corrected chi connectivity index (χ0v) is 13.6. The minimum absolute atomic E-state index is 0.0509. The Morgan fingerprint density at radius 1 is 1.43 bits per heavy atom. The maximum atomic E-state index is 11.0. The number of hydrogen-bond donors (Lipinski definition) is 1. The van der Waals surface area contributed by atoms with E-state index < -0.39 is 0 Å². The molecule has 0 bridgehead atoms. The molecule has 0 spiro atoms. The number of aldehydes is 1. The number of aliphatic hydroxyl groups is 1. The molecule has 0 aromatic heterocycles. The van der Waals surface area contributed by atoms with Crippen molar-refractivity contribution >= 4 is 6.29 Å². The van der Waals surface area contributed by atoms with Gasteiger partial charge >= 0.3 is 0 Å². The molecule has 2 fully saturated rings. The molecule has 2 aliphatic carbocycles. The van der Waals surface area contributed by atoms with Crippen LogP contribution in [0.3, 0.4) is 0 Å². The largest absolute Gasteiger partial charge is 0.396 e. The second kappa shape index (κ2) is 6.91. The molecule has 3 atom stereocenters. The van der Waals surface area contributed by atoms with Gasteiger partial charge in [0, 0.05) is 6.61 Å². The molecule has 2 heteroatoms. The Labute approximate surface area is 129 Å². The van der Waals surface area contributed by atoms with Crippen LogP contribution in [0.25, 0.3) is 0 Å². The molecule has 2 nitrogen and oxygen atoms in total. The van der Waals surface area contributed by atoms with Crippen molar-refractivity contribution in [3.63, 3.8) is 0 Å². The van der Waals surface area contributed by atoms with Crippen molar-refractivity contribution in [2.45, 2.75) is 58.8 Å². The normalized spacial score (nSPS) is 32.6. The quantitative estimate of drug-likeness (QED) is 0.466. The van der Waals surface area contributed by atoms with Crippen LogP contribution < -0.4 is 0 Å². The van der Waals surface area contributed by atoms with Gasteiger partial charge in [0.25, 0.3) is 0 Å². The van der Waals surface area contributed by atoms with Crippen molar-refractivity contribution < 1.29 is 9.90 Å². The molecule has 0 aromatic carbocycles. The smallest absolute Gasteiger partial charge is 0.145 e. The summed E-state index contributed by atoms with van der Waals surface area (Å²) in [5.74, 6) is 2.05. The van der Waals surface area contributed by atoms with E-state index in [0.29, 0.717) is 17.8 Å². The van der Waals surface area contributed by atoms with Crippen LogP contribution in [0.15, 0.2) is 23.8 Å². The monoisotopic (exact) mass is 290 g/mol. The van der Waals surface area contributed by atoms with Crippen molar-refractivity contribution in [1.29, 1.82) is 0 Å². The number of hydrogen-bond acceptors (Lipinski definition) is 2. The summed E-state index contributed by atoms with van der Waals surface area (Å²) in [6.45, 7) is 9.22. The lowest BCUT2D eigenvalue weighted by molar-refractivity contribution is -0.105. The number of aliphatic hydroxyl groups excluding tert-OH is 1. The van der Waals surface area contributed by atoms with Gasteiger partial charge in [-0.25, -0.2) is 0 Å². The van der Waals surface area contributed by atoms with Crippen molar-refractivity contribution in [1.82, 2.24) is 0 Å². The van der Waals surface area contributed by atoms with Gasteiger partial charge in [-0.2, -0.15) is 0 Å². The van der Waals surface area contributed by atoms with Crippen LogP contribution in [0, 0.1) is 23.2 Å². The Morgan fingerprint density at radius 3 is 2.86 bits per heavy atom. The Hall–Kier alpha value is -0.890. The zero-order chi connectivity index (χ0) is 15.5. The van der Waals surface area contributed by atoms with E-state index >= 15 is 0 Å². The standard InChI is InChI=1S/C19H30O2/c1-14-6-9-18-17(5-4-11-19(18,2)3)16(14)8-7-15(13-21)10-12-20/h7,13,16-18,20H,1,4-6,8-12H2,2-3H3/b15-7-/t16-,17?,18?/m0/s1. The summed E-state index contributed by atoms with van der Waals surface area (Å²) in [7, 11) is 0. The van der Waals surface area contributed by atoms with E-state index in [9.17, 15) is 4.79 Å². The molecular formula is C19H30O2. The molecule has 1 N–H and O–H groups in total. The molecule has 118 valence electrons. The van der Waals surface area contributed by atoms with E-state index in [-0.39, 0.29) is 6.61 Å². The summed E-state index contributed by atoms with van der Waals surface area (Å²) in [6.07, 6.45) is 10.7. The summed E-state index contributed by atoms with van der Waals surface area (Å²) in [5.41, 5.74) is 2.56. The highest BCUT2D eigenvalue weighted by Gasteiger charge is 2.44. The fourth-order valence-electron chi connectivity index (χ4n) is 4.63. The minimum Gasteiger partial charge on any atom is -0.396 e. The third-order valence-corrected chi connectivity index (χ3v) is 5.88. The van der Waals surface area contributed by atoms with Gasteiger partial charge in [-0.05, 0) is 67.3 Å². The van der Waals surface area contributed by atoms with Gasteiger partial charge in [0.2, 0.25) is 0 Å². The molecule has 0 aromatic rings. The highest BCUT2D eigenvalue weighted by Crippen LogP contribution is 2.54. The van der Waals surface area contributed by atoms with E-state index in [2.05, 4.69) is 20.4 Å². The zero-order valence-electron chi connectivity index (χ0n) is 13.6. The summed E-state index contributed by atoms with van der Waals surface area (Å²) >= 11 is 0. The van der Waals surface area contributed by atoms with Crippen LogP contribution in [0.1, 0.15) is 58.8 Å². The third-order valence-electron chi connectivity index (χ3n) is 5.88. The molecule has 2 rings (SSSR count). The summed E-state index contributed by atoms with van der Waals surface area (Å²) < 4.78 is 0. The van der Waals surface area contributed by atoms with Crippen LogP contribution in [-0.2, 0) is 4.79 Å². The average molecular weight is 290 g/mol. The van der Waals surface area contributed by atoms with Crippen LogP contribution in [0.4, 0.5) is 0 Å². The van der Waals surface area contributed by atoms with Gasteiger partial charge in [-0.3, -0.25) is 4.79 Å². The Morgan fingerprint density at radius 2 is 2.19 bits per heavy atom. The number of carbonyl (C=O) groups is 1. The summed E-state index contributed by atoms with van der Waals surface area (Å²) in [5, 5.41) is 9.00. The lowest BCUT2D eigenvalue weighted by Gasteiger charge is -2.50. The van der Waals surface area contributed by atoms with E-state index in [1.165, 1.54) is 31.3 Å². The molecule has 0 aliphatic heterocycles. The first-order valence-electron chi connectivity index (χ1n) is 8.42. The summed E-state index contributed by atoms with van der Waals surface area (Å²) in [6, 6.07) is 0. The van der Waals surface area contributed by atoms with Crippen LogP contribution in [-0.4, -0.2) is 18.0 Å². The van der Waals surface area contributed by atoms with Crippen LogP contribution in [0.5, 0.6) is 0 Å². The molecule has 2 aliphatic rings. The average Bonchev–Trinajstić information content (AvgIpc) is 2.44. The number of rotatable bonds is 5. The molecular weight excluding hydrogens is 260 g/mol. The molecule has 0 saturated heterocycles. The van der Waals surface area contributed by atoms with Gasteiger partial charge in [0.1, 0.15) is 6.29 Å². The predicted octanol–water partition coefficient (Wildman–Crippen LogP) is 4.29. The van der Waals surface area contributed by atoms with Crippen LogP contribution in [0.2, 0.25) is 0 Å². The van der Waals surface area contributed by atoms with E-state index in [1.807, 2.05) is 6.08 Å². The third kappa shape index (κ3) is 3.66. The molecule has 0 amide bonds. The Bertz CT molecular complexity index is 419. The van der Waals surface area contributed by atoms with E-state index in [0.717, 1.165) is 36.5 Å². The number of fused-ring (bicyclic) bond motifs is 1. The molecule has 2 unspecified atom stereocenters. The fourth-order valence-corrected chi connectivity index (χ4v) is 4.63. The molecule has 2 saturated carbocycles. The van der Waals surface area contributed by atoms with Gasteiger partial charge in [-0.1, -0.05) is 38.5 Å². The topological polar surface area (TPSA) is 37.3 Å². The lowest BCUT2D eigenvalue weighted by Crippen LogP contribution is -2.41. The van der Waals surface area contributed by atoms with Crippen molar-refractivity contribution in [2.75, 3.05) is 6.61 Å². The predicted molar refractivity (Wildman–Crippen MR) is 86.9 cm³/mol. The first-order chi connectivity index (χ1) is 9.99. The Balaban J connectivity index is 2.12. The second-order valence-electron chi connectivity index (χ2n) is 7.56. The van der Waals surface area contributed by atoms with Gasteiger partial charge in [-0.15, -0.1) is 0 Å². The lowest BCUT2D eigenvalue weighted by atomic mass is 9.54. The van der Waals surface area contributed by atoms with Crippen molar-refractivity contribution in [3.8, 4) is 0 Å². The first kappa shape index (κ1) is 16.5. The van der Waals surface area contributed by atoms with Gasteiger partial charge in [0.05, 0.1) is 0 Å². The maximum absolute atomic E-state index is 11.0. The SMILES string of the molecule is C=C1CCC2C(CCCC2(C)C)[C@H]1C/C=C(\C=O)CCO. The maximum Gasteiger partial charge on any atom is 0.145 e. The minimum atomic E-state index is 0.0509. The molecule has 0 radical (unpaired) electrons. The van der Waals surface area contributed by atoms with E-state index in [1.54, 1.807) is 0 Å². The summed E-state index contributed by atoms with van der Waals surface area (Å²) in [4.78, 5) is 11.0. The van der Waals surface area contributed by atoms with E-state index in [4.69, 9.17) is 5.11 Å². The van der Waals surface area contributed by atoms with Gasteiger partial charge < -0.3 is 5.11 Å². The van der Waals surface area contributed by atoms with Crippen LogP contribution >= 0.6 is 0 Å². The highest BCUT2D eigenvalue weighted by atomic mass is 16.3. The Kier molecular flexibility index (Phi) is 5.43.